The van der Waals surface area contributed by atoms with Crippen molar-refractivity contribution in [1.82, 2.24) is 10.2 Å². The first-order chi connectivity index (χ1) is 6.54. The van der Waals surface area contributed by atoms with Gasteiger partial charge in [-0.25, -0.2) is 0 Å². The summed E-state index contributed by atoms with van der Waals surface area (Å²) in [4.78, 5) is 2.01. The molecule has 2 nitrogen and oxygen atoms in total. The van der Waals surface area contributed by atoms with Crippen LogP contribution in [0.15, 0.2) is 11.6 Å². The van der Waals surface area contributed by atoms with Gasteiger partial charge in [-0.1, -0.05) is 6.08 Å². The molecule has 0 aliphatic carbocycles. The van der Waals surface area contributed by atoms with E-state index in [1.54, 1.807) is 0 Å². The third-order valence-corrected chi connectivity index (χ3v) is 2.34. The lowest BCUT2D eigenvalue weighted by molar-refractivity contribution is -0.0959. The Hall–Kier alpha value is -0.550. The number of nitrogens with zero attached hydrogens (tertiary/aromatic N) is 1. The first-order valence-electron chi connectivity index (χ1n) is 4.67. The van der Waals surface area contributed by atoms with Crippen LogP contribution in [0.3, 0.4) is 0 Å². The van der Waals surface area contributed by atoms with E-state index >= 15 is 0 Å². The average molecular weight is 208 g/mol. The van der Waals surface area contributed by atoms with Gasteiger partial charge in [0.15, 0.2) is 0 Å². The standard InChI is InChI=1S/C9H15F3N2/c1-13-4-7-14-5-2-8(3-6-14)9(10,11)12/h2,13H,3-7H2,1H3. The molecule has 5 heteroatoms. The van der Waals surface area contributed by atoms with Crippen LogP contribution in [0.4, 0.5) is 13.2 Å². The minimum absolute atomic E-state index is 0.118. The number of rotatable bonds is 3. The molecule has 82 valence electrons. The molecule has 0 aromatic heterocycles. The summed E-state index contributed by atoms with van der Waals surface area (Å²) in [6, 6.07) is 0. The Balaban J connectivity index is 2.39. The average Bonchev–Trinajstić information content (AvgIpc) is 2.14. The second-order valence-electron chi connectivity index (χ2n) is 3.38. The van der Waals surface area contributed by atoms with Gasteiger partial charge in [0.05, 0.1) is 0 Å². The van der Waals surface area contributed by atoms with E-state index in [9.17, 15) is 13.2 Å². The number of nitrogens with one attached hydrogen (secondary N) is 1. The molecule has 0 radical (unpaired) electrons. The molecular weight excluding hydrogens is 193 g/mol. The zero-order chi connectivity index (χ0) is 10.6. The topological polar surface area (TPSA) is 15.3 Å². The summed E-state index contributed by atoms with van der Waals surface area (Å²) < 4.78 is 36.7. The van der Waals surface area contributed by atoms with Gasteiger partial charge in [0.2, 0.25) is 0 Å². The van der Waals surface area contributed by atoms with Crippen molar-refractivity contribution >= 4 is 0 Å². The highest BCUT2D eigenvalue weighted by Gasteiger charge is 2.34. The summed E-state index contributed by atoms with van der Waals surface area (Å²) in [7, 11) is 1.83. The quantitative estimate of drug-likeness (QED) is 0.705. The molecule has 0 aromatic carbocycles. The summed E-state index contributed by atoms with van der Waals surface area (Å²) in [6.07, 6.45) is -2.72. The molecule has 0 aromatic rings. The lowest BCUT2D eigenvalue weighted by Crippen LogP contribution is -2.36. The van der Waals surface area contributed by atoms with Crippen molar-refractivity contribution in [3.05, 3.63) is 11.6 Å². The molecule has 1 rings (SSSR count). The van der Waals surface area contributed by atoms with Crippen LogP contribution >= 0.6 is 0 Å². The number of likely N-dealkylation sites (N-methyl/N-ethyl adjacent to an activating group) is 1. The van der Waals surface area contributed by atoms with E-state index in [4.69, 9.17) is 0 Å². The van der Waals surface area contributed by atoms with Crippen LogP contribution in [0.1, 0.15) is 6.42 Å². The van der Waals surface area contributed by atoms with Crippen molar-refractivity contribution in [3.63, 3.8) is 0 Å². The lowest BCUT2D eigenvalue weighted by Gasteiger charge is -2.26. The van der Waals surface area contributed by atoms with E-state index in [2.05, 4.69) is 5.32 Å². The van der Waals surface area contributed by atoms with E-state index < -0.39 is 6.18 Å². The minimum atomic E-state index is -4.13. The maximum atomic E-state index is 12.2. The Bertz CT molecular complexity index is 211. The van der Waals surface area contributed by atoms with Gasteiger partial charge in [-0.3, -0.25) is 4.90 Å². The van der Waals surface area contributed by atoms with E-state index in [0.717, 1.165) is 13.1 Å². The van der Waals surface area contributed by atoms with Crippen LogP contribution in [0, 0.1) is 0 Å². The molecule has 0 amide bonds. The van der Waals surface area contributed by atoms with Crippen LogP contribution in [0.5, 0.6) is 0 Å². The zero-order valence-corrected chi connectivity index (χ0v) is 8.19. The Morgan fingerprint density at radius 1 is 1.50 bits per heavy atom. The van der Waals surface area contributed by atoms with Gasteiger partial charge in [0, 0.05) is 31.8 Å². The molecule has 0 saturated carbocycles. The smallest absolute Gasteiger partial charge is 0.318 e. The van der Waals surface area contributed by atoms with E-state index in [1.807, 2.05) is 11.9 Å². The monoisotopic (exact) mass is 208 g/mol. The zero-order valence-electron chi connectivity index (χ0n) is 8.19. The predicted molar refractivity (Wildman–Crippen MR) is 49.1 cm³/mol. The van der Waals surface area contributed by atoms with Gasteiger partial charge in [0.25, 0.3) is 0 Å². The third kappa shape index (κ3) is 3.31. The molecular formula is C9H15F3N2. The molecule has 0 saturated heterocycles. The highest BCUT2D eigenvalue weighted by atomic mass is 19.4. The van der Waals surface area contributed by atoms with Crippen molar-refractivity contribution in [3.8, 4) is 0 Å². The maximum Gasteiger partial charge on any atom is 0.412 e. The van der Waals surface area contributed by atoms with Gasteiger partial charge in [-0.2, -0.15) is 13.2 Å². The molecule has 0 spiro atoms. The Morgan fingerprint density at radius 2 is 2.21 bits per heavy atom. The molecule has 0 atom stereocenters. The lowest BCUT2D eigenvalue weighted by atomic mass is 10.1. The molecule has 1 N–H and O–H groups in total. The van der Waals surface area contributed by atoms with Crippen molar-refractivity contribution < 1.29 is 13.2 Å². The molecule has 14 heavy (non-hydrogen) atoms. The minimum Gasteiger partial charge on any atom is -0.318 e. The largest absolute Gasteiger partial charge is 0.412 e. The van der Waals surface area contributed by atoms with Crippen LogP contribution in [0.2, 0.25) is 0 Å². The summed E-state index contributed by atoms with van der Waals surface area (Å²) >= 11 is 0. The molecule has 1 heterocycles. The molecule has 0 fully saturated rings. The second-order valence-corrected chi connectivity index (χ2v) is 3.38. The van der Waals surface area contributed by atoms with Crippen LogP contribution in [-0.2, 0) is 0 Å². The molecule has 0 unspecified atom stereocenters. The van der Waals surface area contributed by atoms with E-state index in [0.29, 0.717) is 13.1 Å². The van der Waals surface area contributed by atoms with Crippen LogP contribution in [-0.4, -0.2) is 44.3 Å². The van der Waals surface area contributed by atoms with Gasteiger partial charge in [0.1, 0.15) is 0 Å². The Labute approximate surface area is 81.8 Å². The number of halogens is 3. The van der Waals surface area contributed by atoms with E-state index in [-0.39, 0.29) is 12.0 Å². The normalized spacial score (nSPS) is 19.6. The first kappa shape index (κ1) is 11.5. The Kier molecular flexibility index (Phi) is 3.95. The summed E-state index contributed by atoms with van der Waals surface area (Å²) in [6.45, 7) is 2.54. The summed E-state index contributed by atoms with van der Waals surface area (Å²) in [5.74, 6) is 0. The fourth-order valence-corrected chi connectivity index (χ4v) is 1.44. The summed E-state index contributed by atoms with van der Waals surface area (Å²) in [5, 5.41) is 2.97. The maximum absolute atomic E-state index is 12.2. The molecule has 0 bridgehead atoms. The highest BCUT2D eigenvalue weighted by Crippen LogP contribution is 2.29. The van der Waals surface area contributed by atoms with Crippen molar-refractivity contribution in [2.75, 3.05) is 33.2 Å². The van der Waals surface area contributed by atoms with Gasteiger partial charge < -0.3 is 5.32 Å². The fourth-order valence-electron chi connectivity index (χ4n) is 1.44. The summed E-state index contributed by atoms with van der Waals surface area (Å²) in [5.41, 5.74) is -0.377. The van der Waals surface area contributed by atoms with Gasteiger partial charge in [-0.15, -0.1) is 0 Å². The number of hydrogen-bond acceptors (Lipinski definition) is 2. The molecule has 1 aliphatic rings. The Morgan fingerprint density at radius 3 is 2.64 bits per heavy atom. The second kappa shape index (κ2) is 4.79. The van der Waals surface area contributed by atoms with Crippen molar-refractivity contribution in [2.45, 2.75) is 12.6 Å². The number of alkyl halides is 3. The van der Waals surface area contributed by atoms with Crippen molar-refractivity contribution in [1.29, 1.82) is 0 Å². The number of hydrogen-bond donors (Lipinski definition) is 1. The molecule has 1 aliphatic heterocycles. The van der Waals surface area contributed by atoms with Gasteiger partial charge in [-0.05, 0) is 13.5 Å². The van der Waals surface area contributed by atoms with Crippen LogP contribution in [0.25, 0.3) is 0 Å². The fraction of sp³-hybridized carbons (Fsp3) is 0.778. The van der Waals surface area contributed by atoms with Gasteiger partial charge >= 0.3 is 6.18 Å². The van der Waals surface area contributed by atoms with Crippen LogP contribution < -0.4 is 5.32 Å². The van der Waals surface area contributed by atoms with Crippen molar-refractivity contribution in [2.24, 2.45) is 0 Å². The SMILES string of the molecule is CNCCN1CC=C(C(F)(F)F)CC1. The highest BCUT2D eigenvalue weighted by molar-refractivity contribution is 5.12. The predicted octanol–water partition coefficient (Wildman–Crippen LogP) is 1.40. The first-order valence-corrected chi connectivity index (χ1v) is 4.67. The van der Waals surface area contributed by atoms with E-state index in [1.165, 1.54) is 6.08 Å². The third-order valence-electron chi connectivity index (χ3n) is 2.34.